The van der Waals surface area contributed by atoms with Crippen molar-refractivity contribution >= 4 is 53.4 Å². The second-order valence-electron chi connectivity index (χ2n) is 14.0. The van der Waals surface area contributed by atoms with Crippen molar-refractivity contribution in [3.8, 4) is 67.5 Å². The van der Waals surface area contributed by atoms with E-state index >= 15 is 0 Å². The fraction of sp³-hybridized carbons (Fsp3) is 0. The number of nitrogens with zero attached hydrogens (tertiary/aromatic N) is 3. The van der Waals surface area contributed by atoms with Crippen LogP contribution >= 0.6 is 11.3 Å². The van der Waals surface area contributed by atoms with Gasteiger partial charge in [0.1, 0.15) is 11.2 Å². The highest BCUT2D eigenvalue weighted by atomic mass is 32.1. The Hall–Kier alpha value is -7.21. The average Bonchev–Trinajstić information content (AvgIpc) is 3.84. The predicted molar refractivity (Wildman–Crippen MR) is 233 cm³/mol. The normalized spacial score (nSPS) is 11.6. The fourth-order valence-electron chi connectivity index (χ4n) is 7.66. The van der Waals surface area contributed by atoms with Gasteiger partial charge in [-0.05, 0) is 69.8 Å². The molecule has 0 saturated carbocycles. The lowest BCUT2D eigenvalue weighted by molar-refractivity contribution is 0.669. The Morgan fingerprint density at radius 2 is 0.696 bits per heavy atom. The van der Waals surface area contributed by atoms with Crippen molar-refractivity contribution < 1.29 is 4.42 Å². The van der Waals surface area contributed by atoms with Crippen LogP contribution < -0.4 is 0 Å². The Bertz CT molecular complexity index is 3230. The molecule has 0 amide bonds. The lowest BCUT2D eigenvalue weighted by atomic mass is 10.0. The average molecular weight is 734 g/mol. The molecule has 0 bridgehead atoms. The SMILES string of the molecule is c1ccc(-c2ccc(-c3nc(-c4ccccc4)nc(-c4ccc5c(c4)oc4ccc(-c6ccc7c(c6)sc6cc(-c8ccccc8)ccc67)cc45)n3)cc2)cc1. The van der Waals surface area contributed by atoms with E-state index in [1.54, 1.807) is 0 Å². The van der Waals surface area contributed by atoms with Gasteiger partial charge in [0.15, 0.2) is 17.5 Å². The summed E-state index contributed by atoms with van der Waals surface area (Å²) in [5, 5.41) is 4.71. The first-order valence-electron chi connectivity index (χ1n) is 18.7. The zero-order valence-corrected chi connectivity index (χ0v) is 30.9. The van der Waals surface area contributed by atoms with Gasteiger partial charge in [-0.1, -0.05) is 152 Å². The molecular weight excluding hydrogens is 703 g/mol. The maximum Gasteiger partial charge on any atom is 0.164 e. The quantitative estimate of drug-likeness (QED) is 0.171. The van der Waals surface area contributed by atoms with Crippen molar-refractivity contribution in [2.75, 3.05) is 0 Å². The summed E-state index contributed by atoms with van der Waals surface area (Å²) in [5.74, 6) is 1.84. The summed E-state index contributed by atoms with van der Waals surface area (Å²) in [5.41, 5.74) is 11.5. The van der Waals surface area contributed by atoms with E-state index in [-0.39, 0.29) is 0 Å². The van der Waals surface area contributed by atoms with E-state index < -0.39 is 0 Å². The molecule has 0 radical (unpaired) electrons. The van der Waals surface area contributed by atoms with Crippen molar-refractivity contribution in [2.45, 2.75) is 0 Å². The Labute approximate surface area is 327 Å². The third-order valence-corrected chi connectivity index (χ3v) is 11.7. The van der Waals surface area contributed by atoms with Crippen molar-refractivity contribution in [1.29, 1.82) is 0 Å². The third-order valence-electron chi connectivity index (χ3n) is 10.6. The Balaban J connectivity index is 0.956. The van der Waals surface area contributed by atoms with Crippen LogP contribution in [-0.4, -0.2) is 15.0 Å². The first-order chi connectivity index (χ1) is 27.7. The number of hydrogen-bond acceptors (Lipinski definition) is 5. The summed E-state index contributed by atoms with van der Waals surface area (Å²) in [6, 6.07) is 65.8. The largest absolute Gasteiger partial charge is 0.456 e. The molecular formula is C51H31N3OS. The Morgan fingerprint density at radius 3 is 1.32 bits per heavy atom. The van der Waals surface area contributed by atoms with Crippen LogP contribution in [0.4, 0.5) is 0 Å². The highest BCUT2D eigenvalue weighted by molar-refractivity contribution is 7.25. The molecule has 56 heavy (non-hydrogen) atoms. The van der Waals surface area contributed by atoms with E-state index in [1.807, 2.05) is 53.8 Å². The van der Waals surface area contributed by atoms with Crippen LogP contribution in [0.15, 0.2) is 192 Å². The molecule has 0 unspecified atom stereocenters. The lowest BCUT2D eigenvalue weighted by Gasteiger charge is -2.09. The number of furan rings is 1. The first kappa shape index (κ1) is 32.2. The molecule has 0 atom stereocenters. The maximum absolute atomic E-state index is 6.48. The van der Waals surface area contributed by atoms with Gasteiger partial charge < -0.3 is 4.42 Å². The molecule has 0 N–H and O–H groups in total. The minimum atomic E-state index is 0.594. The number of fused-ring (bicyclic) bond motifs is 6. The highest BCUT2D eigenvalue weighted by Gasteiger charge is 2.16. The van der Waals surface area contributed by atoms with E-state index in [1.165, 1.54) is 42.4 Å². The summed E-state index contributed by atoms with van der Waals surface area (Å²) < 4.78 is 9.06. The van der Waals surface area contributed by atoms with Gasteiger partial charge in [0.25, 0.3) is 0 Å². The van der Waals surface area contributed by atoms with E-state index in [0.717, 1.165) is 49.8 Å². The lowest BCUT2D eigenvalue weighted by Crippen LogP contribution is -2.00. The zero-order chi connectivity index (χ0) is 37.0. The minimum absolute atomic E-state index is 0.594. The van der Waals surface area contributed by atoms with Gasteiger partial charge in [0.2, 0.25) is 0 Å². The van der Waals surface area contributed by atoms with E-state index in [4.69, 9.17) is 19.4 Å². The third kappa shape index (κ3) is 5.74. The molecule has 5 heteroatoms. The second-order valence-corrected chi connectivity index (χ2v) is 15.1. The van der Waals surface area contributed by atoms with Gasteiger partial charge in [-0.3, -0.25) is 0 Å². The monoisotopic (exact) mass is 733 g/mol. The van der Waals surface area contributed by atoms with Gasteiger partial charge in [-0.25, -0.2) is 15.0 Å². The van der Waals surface area contributed by atoms with Gasteiger partial charge in [-0.15, -0.1) is 11.3 Å². The maximum atomic E-state index is 6.48. The van der Waals surface area contributed by atoms with Crippen molar-refractivity contribution in [2.24, 2.45) is 0 Å². The number of benzene rings is 8. The molecule has 0 aliphatic carbocycles. The highest BCUT2D eigenvalue weighted by Crippen LogP contribution is 2.40. The van der Waals surface area contributed by atoms with Crippen LogP contribution in [0.5, 0.6) is 0 Å². The Morgan fingerprint density at radius 1 is 0.286 bits per heavy atom. The Kier molecular flexibility index (Phi) is 7.64. The first-order valence-corrected chi connectivity index (χ1v) is 19.5. The zero-order valence-electron chi connectivity index (χ0n) is 30.1. The van der Waals surface area contributed by atoms with Gasteiger partial charge >= 0.3 is 0 Å². The van der Waals surface area contributed by atoms with Crippen LogP contribution in [0, 0.1) is 0 Å². The molecule has 262 valence electrons. The van der Waals surface area contributed by atoms with Crippen LogP contribution in [0.1, 0.15) is 0 Å². The van der Waals surface area contributed by atoms with Gasteiger partial charge in [-0.2, -0.15) is 0 Å². The second kappa shape index (κ2) is 13.3. The summed E-state index contributed by atoms with van der Waals surface area (Å²) in [6.45, 7) is 0. The number of aromatic nitrogens is 3. The molecule has 3 aromatic heterocycles. The topological polar surface area (TPSA) is 51.8 Å². The molecule has 0 aliphatic heterocycles. The smallest absolute Gasteiger partial charge is 0.164 e. The number of thiophene rings is 1. The molecule has 4 nitrogen and oxygen atoms in total. The summed E-state index contributed by atoms with van der Waals surface area (Å²) >= 11 is 1.85. The van der Waals surface area contributed by atoms with Crippen LogP contribution in [0.3, 0.4) is 0 Å². The molecule has 11 aromatic rings. The van der Waals surface area contributed by atoms with Crippen LogP contribution in [-0.2, 0) is 0 Å². The van der Waals surface area contributed by atoms with Gasteiger partial charge in [0.05, 0.1) is 0 Å². The van der Waals surface area contributed by atoms with E-state index in [9.17, 15) is 0 Å². The van der Waals surface area contributed by atoms with Crippen LogP contribution in [0.2, 0.25) is 0 Å². The minimum Gasteiger partial charge on any atom is -0.456 e. The number of hydrogen-bond donors (Lipinski definition) is 0. The molecule has 3 heterocycles. The van der Waals surface area contributed by atoms with Crippen molar-refractivity contribution in [1.82, 2.24) is 15.0 Å². The molecule has 0 fully saturated rings. The van der Waals surface area contributed by atoms with Crippen LogP contribution in [0.25, 0.3) is 110 Å². The van der Waals surface area contributed by atoms with E-state index in [0.29, 0.717) is 17.5 Å². The molecule has 8 aromatic carbocycles. The van der Waals surface area contributed by atoms with Crippen molar-refractivity contribution in [3.63, 3.8) is 0 Å². The molecule has 0 spiro atoms. The molecule has 0 saturated heterocycles. The number of rotatable bonds is 6. The predicted octanol–water partition coefficient (Wildman–Crippen LogP) is 14.1. The summed E-state index contributed by atoms with van der Waals surface area (Å²) in [4.78, 5) is 14.9. The standard InChI is InChI=1S/C51H31N3OS/c1-4-10-32(11-5-1)34-16-18-36(19-17-34)50-52-49(35-14-8-3-9-15-35)53-51(54-50)40-22-24-41-44-28-37(23-27-45(44)55-46(41)29-40)39-21-26-43-42-25-20-38(33-12-6-2-7-13-33)30-47(42)56-48(43)31-39/h1-31H. The fourth-order valence-corrected chi connectivity index (χ4v) is 8.84. The van der Waals surface area contributed by atoms with E-state index in [2.05, 4.69) is 146 Å². The summed E-state index contributed by atoms with van der Waals surface area (Å²) in [7, 11) is 0. The van der Waals surface area contributed by atoms with Crippen molar-refractivity contribution in [3.05, 3.63) is 188 Å². The molecule has 11 rings (SSSR count). The molecule has 0 aliphatic rings. The summed E-state index contributed by atoms with van der Waals surface area (Å²) in [6.07, 6.45) is 0. The van der Waals surface area contributed by atoms with Gasteiger partial charge in [0, 0.05) is 47.6 Å².